The summed E-state index contributed by atoms with van der Waals surface area (Å²) in [4.78, 5) is 24.9. The van der Waals surface area contributed by atoms with Crippen LogP contribution in [0.25, 0.3) is 21.9 Å². The SMILES string of the molecule is COc1ccc(C(=O)COc2cc(O)c3c(=O)c4ccccc4oc3c2)cc1. The highest BCUT2D eigenvalue weighted by atomic mass is 16.5. The molecule has 0 amide bonds. The van der Waals surface area contributed by atoms with E-state index in [0.29, 0.717) is 22.3 Å². The van der Waals surface area contributed by atoms with E-state index in [-0.39, 0.29) is 40.3 Å². The number of fused-ring (bicyclic) bond motifs is 2. The molecule has 28 heavy (non-hydrogen) atoms. The summed E-state index contributed by atoms with van der Waals surface area (Å²) in [5.74, 6) is 0.385. The number of carbonyl (C=O) groups excluding carboxylic acids is 1. The first-order chi connectivity index (χ1) is 13.6. The summed E-state index contributed by atoms with van der Waals surface area (Å²) < 4.78 is 16.3. The molecule has 6 nitrogen and oxygen atoms in total. The summed E-state index contributed by atoms with van der Waals surface area (Å²) in [6.07, 6.45) is 0. The third-order valence-electron chi connectivity index (χ3n) is 4.42. The quantitative estimate of drug-likeness (QED) is 0.420. The van der Waals surface area contributed by atoms with Gasteiger partial charge in [-0.1, -0.05) is 12.1 Å². The van der Waals surface area contributed by atoms with Crippen LogP contribution >= 0.6 is 0 Å². The van der Waals surface area contributed by atoms with E-state index in [9.17, 15) is 14.7 Å². The Morgan fingerprint density at radius 2 is 1.75 bits per heavy atom. The summed E-state index contributed by atoms with van der Waals surface area (Å²) in [6.45, 7) is -0.227. The summed E-state index contributed by atoms with van der Waals surface area (Å²) in [5.41, 5.74) is 0.750. The van der Waals surface area contributed by atoms with Gasteiger partial charge < -0.3 is 19.0 Å². The molecule has 0 saturated heterocycles. The highest BCUT2D eigenvalue weighted by Gasteiger charge is 2.14. The first-order valence-electron chi connectivity index (χ1n) is 8.55. The molecule has 0 fully saturated rings. The fraction of sp³-hybridized carbons (Fsp3) is 0.0909. The van der Waals surface area contributed by atoms with E-state index in [1.165, 1.54) is 12.1 Å². The van der Waals surface area contributed by atoms with Gasteiger partial charge in [0.15, 0.2) is 12.4 Å². The van der Waals surface area contributed by atoms with Gasteiger partial charge in [-0.15, -0.1) is 0 Å². The van der Waals surface area contributed by atoms with Gasteiger partial charge in [-0.25, -0.2) is 0 Å². The predicted molar refractivity (Wildman–Crippen MR) is 104 cm³/mol. The second-order valence-corrected chi connectivity index (χ2v) is 6.18. The maximum absolute atomic E-state index is 12.6. The Morgan fingerprint density at radius 3 is 2.50 bits per heavy atom. The Kier molecular flexibility index (Phi) is 4.45. The number of hydrogen-bond acceptors (Lipinski definition) is 6. The molecule has 4 aromatic rings. The number of ether oxygens (including phenoxy) is 2. The normalized spacial score (nSPS) is 10.9. The lowest BCUT2D eigenvalue weighted by Gasteiger charge is -2.09. The molecule has 0 aliphatic carbocycles. The Hall–Kier alpha value is -3.80. The molecule has 0 aliphatic heterocycles. The third-order valence-corrected chi connectivity index (χ3v) is 4.42. The van der Waals surface area contributed by atoms with Crippen LogP contribution in [0.3, 0.4) is 0 Å². The van der Waals surface area contributed by atoms with Gasteiger partial charge in [0.1, 0.15) is 33.8 Å². The number of aromatic hydroxyl groups is 1. The average Bonchev–Trinajstić information content (AvgIpc) is 2.72. The molecule has 0 atom stereocenters. The van der Waals surface area contributed by atoms with Gasteiger partial charge >= 0.3 is 0 Å². The van der Waals surface area contributed by atoms with Crippen molar-refractivity contribution in [2.45, 2.75) is 0 Å². The Labute approximate surface area is 159 Å². The van der Waals surface area contributed by atoms with E-state index >= 15 is 0 Å². The number of benzene rings is 3. The monoisotopic (exact) mass is 376 g/mol. The molecule has 4 rings (SSSR count). The van der Waals surface area contributed by atoms with E-state index < -0.39 is 0 Å². The third kappa shape index (κ3) is 3.16. The number of ketones is 1. The minimum Gasteiger partial charge on any atom is -0.507 e. The average molecular weight is 376 g/mol. The Morgan fingerprint density at radius 1 is 1.00 bits per heavy atom. The second-order valence-electron chi connectivity index (χ2n) is 6.18. The predicted octanol–water partition coefficient (Wildman–Crippen LogP) is 3.92. The van der Waals surface area contributed by atoms with Gasteiger partial charge in [-0.2, -0.15) is 0 Å². The summed E-state index contributed by atoms with van der Waals surface area (Å²) >= 11 is 0. The Bertz CT molecular complexity index is 1240. The van der Waals surface area contributed by atoms with E-state index in [1.807, 2.05) is 0 Å². The molecule has 140 valence electrons. The highest BCUT2D eigenvalue weighted by molar-refractivity contribution is 5.97. The fourth-order valence-electron chi connectivity index (χ4n) is 2.97. The van der Waals surface area contributed by atoms with Crippen LogP contribution in [0.2, 0.25) is 0 Å². The first kappa shape index (κ1) is 17.6. The molecule has 1 N–H and O–H groups in total. The number of para-hydroxylation sites is 1. The molecule has 1 heterocycles. The smallest absolute Gasteiger partial charge is 0.204 e. The molecule has 0 bridgehead atoms. The minimum absolute atomic E-state index is 0.0764. The Balaban J connectivity index is 1.63. The number of phenols is 1. The van der Waals surface area contributed by atoms with Gasteiger partial charge in [0, 0.05) is 17.7 Å². The zero-order valence-corrected chi connectivity index (χ0v) is 15.0. The topological polar surface area (TPSA) is 86.0 Å². The van der Waals surface area contributed by atoms with Crippen molar-refractivity contribution in [2.24, 2.45) is 0 Å². The van der Waals surface area contributed by atoms with Crippen molar-refractivity contribution in [1.82, 2.24) is 0 Å². The molecular weight excluding hydrogens is 360 g/mol. The van der Waals surface area contributed by atoms with Crippen LogP contribution in [0.15, 0.2) is 69.9 Å². The number of Topliss-reactive ketones (excluding diaryl/α,β-unsaturated/α-hetero) is 1. The highest BCUT2D eigenvalue weighted by Crippen LogP contribution is 2.30. The molecule has 0 saturated carbocycles. The van der Waals surface area contributed by atoms with Gasteiger partial charge in [-0.3, -0.25) is 9.59 Å². The largest absolute Gasteiger partial charge is 0.507 e. The van der Waals surface area contributed by atoms with Crippen molar-refractivity contribution >= 4 is 27.7 Å². The summed E-state index contributed by atoms with van der Waals surface area (Å²) in [6, 6.07) is 16.3. The van der Waals surface area contributed by atoms with E-state index in [0.717, 1.165) is 0 Å². The van der Waals surface area contributed by atoms with Crippen LogP contribution < -0.4 is 14.9 Å². The van der Waals surface area contributed by atoms with Crippen molar-refractivity contribution in [3.05, 3.63) is 76.5 Å². The van der Waals surface area contributed by atoms with E-state index in [2.05, 4.69) is 0 Å². The van der Waals surface area contributed by atoms with Crippen LogP contribution in [0.1, 0.15) is 10.4 Å². The van der Waals surface area contributed by atoms with Crippen molar-refractivity contribution < 1.29 is 23.8 Å². The molecule has 3 aromatic carbocycles. The zero-order chi connectivity index (χ0) is 19.7. The van der Waals surface area contributed by atoms with Crippen molar-refractivity contribution in [1.29, 1.82) is 0 Å². The molecule has 1 aromatic heterocycles. The number of methoxy groups -OCH3 is 1. The second kappa shape index (κ2) is 7.08. The van der Waals surface area contributed by atoms with Crippen molar-refractivity contribution in [3.8, 4) is 17.2 Å². The molecular formula is C22H16O6. The van der Waals surface area contributed by atoms with Crippen LogP contribution in [0.4, 0.5) is 0 Å². The maximum Gasteiger partial charge on any atom is 0.204 e. The lowest BCUT2D eigenvalue weighted by atomic mass is 10.1. The number of phenolic OH excluding ortho intramolecular Hbond substituents is 1. The molecule has 0 spiro atoms. The fourth-order valence-corrected chi connectivity index (χ4v) is 2.97. The number of rotatable bonds is 5. The van der Waals surface area contributed by atoms with Gasteiger partial charge in [0.05, 0.1) is 12.5 Å². The van der Waals surface area contributed by atoms with Crippen LogP contribution in [-0.4, -0.2) is 24.6 Å². The van der Waals surface area contributed by atoms with Crippen molar-refractivity contribution in [2.75, 3.05) is 13.7 Å². The van der Waals surface area contributed by atoms with E-state index in [1.54, 1.807) is 55.6 Å². The number of hydrogen-bond donors (Lipinski definition) is 1. The molecule has 0 radical (unpaired) electrons. The van der Waals surface area contributed by atoms with Gasteiger partial charge in [-0.05, 0) is 36.4 Å². The first-order valence-corrected chi connectivity index (χ1v) is 8.55. The standard InChI is InChI=1S/C22H16O6/c1-26-14-8-6-13(7-9-14)18(24)12-27-15-10-17(23)21-20(11-15)28-19-5-3-2-4-16(19)22(21)25/h2-11,23H,12H2,1H3. The molecule has 0 aliphatic rings. The van der Waals surface area contributed by atoms with Crippen LogP contribution in [0, 0.1) is 0 Å². The van der Waals surface area contributed by atoms with Crippen LogP contribution in [0.5, 0.6) is 17.2 Å². The van der Waals surface area contributed by atoms with Gasteiger partial charge in [0.2, 0.25) is 5.43 Å². The minimum atomic E-state index is -0.324. The van der Waals surface area contributed by atoms with Gasteiger partial charge in [0.25, 0.3) is 0 Å². The van der Waals surface area contributed by atoms with Crippen molar-refractivity contribution in [3.63, 3.8) is 0 Å². The summed E-state index contributed by atoms with van der Waals surface area (Å²) in [5, 5.41) is 10.8. The molecule has 0 unspecified atom stereocenters. The molecule has 6 heteroatoms. The van der Waals surface area contributed by atoms with E-state index in [4.69, 9.17) is 13.9 Å². The lowest BCUT2D eigenvalue weighted by Crippen LogP contribution is -2.11. The van der Waals surface area contributed by atoms with Crippen LogP contribution in [-0.2, 0) is 0 Å². The maximum atomic E-state index is 12.6. The summed E-state index contributed by atoms with van der Waals surface area (Å²) in [7, 11) is 1.55. The lowest BCUT2D eigenvalue weighted by molar-refractivity contribution is 0.0921. The zero-order valence-electron chi connectivity index (χ0n) is 15.0. The number of carbonyl (C=O) groups is 1.